The van der Waals surface area contributed by atoms with E-state index in [1.807, 2.05) is 36.8 Å². The summed E-state index contributed by atoms with van der Waals surface area (Å²) in [5, 5.41) is 7.52. The van der Waals surface area contributed by atoms with Crippen LogP contribution in [0.1, 0.15) is 0 Å². The van der Waals surface area contributed by atoms with Crippen LogP contribution in [0.4, 0.5) is 0 Å². The number of pyridine rings is 5. The first-order valence-electron chi connectivity index (χ1n) is 11.8. The van der Waals surface area contributed by atoms with Crippen LogP contribution in [0.3, 0.4) is 0 Å². The van der Waals surface area contributed by atoms with Crippen LogP contribution in [0, 0.1) is 0 Å². The molecule has 3 aromatic carbocycles. The molecule has 0 fully saturated rings. The van der Waals surface area contributed by atoms with Crippen LogP contribution >= 0.6 is 0 Å². The highest BCUT2D eigenvalue weighted by molar-refractivity contribution is 6.23. The minimum atomic E-state index is 0.819. The zero-order chi connectivity index (χ0) is 23.6. The van der Waals surface area contributed by atoms with E-state index in [1.54, 1.807) is 0 Å². The fourth-order valence-electron chi connectivity index (χ4n) is 5.30. The number of nitrogens with zero attached hydrogens (tertiary/aromatic N) is 5. The van der Waals surface area contributed by atoms with E-state index in [1.165, 1.54) is 0 Å². The third-order valence-electron chi connectivity index (χ3n) is 6.95. The number of hydrogen-bond acceptors (Lipinski definition) is 5. The fraction of sp³-hybridized carbons (Fsp3) is 0. The summed E-state index contributed by atoms with van der Waals surface area (Å²) >= 11 is 0. The molecule has 8 rings (SSSR count). The van der Waals surface area contributed by atoms with Gasteiger partial charge in [-0.2, -0.15) is 0 Å². The van der Waals surface area contributed by atoms with Crippen LogP contribution < -0.4 is 0 Å². The Kier molecular flexibility index (Phi) is 3.88. The molecule has 0 bridgehead atoms. The molecule has 0 saturated carbocycles. The van der Waals surface area contributed by atoms with Gasteiger partial charge in [0.15, 0.2) is 0 Å². The number of aromatic nitrogens is 5. The summed E-state index contributed by atoms with van der Waals surface area (Å²) in [6.07, 6.45) is 5.49. The third kappa shape index (κ3) is 2.68. The Balaban J connectivity index is 1.48. The molecule has 8 aromatic rings. The van der Waals surface area contributed by atoms with E-state index < -0.39 is 0 Å². The molecule has 0 unspecified atom stereocenters. The quantitative estimate of drug-likeness (QED) is 0.242. The second kappa shape index (κ2) is 7.23. The zero-order valence-electron chi connectivity index (χ0n) is 19.1. The molecule has 166 valence electrons. The van der Waals surface area contributed by atoms with Gasteiger partial charge in [0.2, 0.25) is 0 Å². The van der Waals surface area contributed by atoms with Crippen molar-refractivity contribution < 1.29 is 0 Å². The van der Waals surface area contributed by atoms with Crippen molar-refractivity contribution in [3.63, 3.8) is 0 Å². The van der Waals surface area contributed by atoms with Gasteiger partial charge in [0, 0.05) is 44.7 Å². The molecule has 0 amide bonds. The van der Waals surface area contributed by atoms with Gasteiger partial charge in [0.05, 0.1) is 45.2 Å². The second-order valence-corrected chi connectivity index (χ2v) is 8.97. The average Bonchev–Trinajstić information content (AvgIpc) is 2.96. The molecule has 5 nitrogen and oxygen atoms in total. The van der Waals surface area contributed by atoms with Crippen LogP contribution in [-0.4, -0.2) is 24.9 Å². The van der Waals surface area contributed by atoms with Crippen molar-refractivity contribution in [3.8, 4) is 11.4 Å². The minimum absolute atomic E-state index is 0.819. The summed E-state index contributed by atoms with van der Waals surface area (Å²) in [5.74, 6) is 0. The summed E-state index contributed by atoms with van der Waals surface area (Å²) in [4.78, 5) is 24.3. The van der Waals surface area contributed by atoms with Gasteiger partial charge >= 0.3 is 0 Å². The molecule has 0 N–H and O–H groups in total. The molecule has 0 aliphatic rings. The second-order valence-electron chi connectivity index (χ2n) is 8.97. The lowest BCUT2D eigenvalue weighted by molar-refractivity contribution is 1.31. The van der Waals surface area contributed by atoms with Crippen molar-refractivity contribution in [1.82, 2.24) is 24.9 Å². The van der Waals surface area contributed by atoms with Gasteiger partial charge in [-0.1, -0.05) is 66.7 Å². The molecule has 36 heavy (non-hydrogen) atoms. The van der Waals surface area contributed by atoms with Crippen molar-refractivity contribution in [2.45, 2.75) is 0 Å². The standard InChI is InChI=1S/C31H17N5/c1-2-8-22-21(7-1)26-23-13-11-19-6-4-16-33-28(19)31(23)34-17-25(26)36-30(22)24-14-12-20-10-9-18-5-3-15-32-27(18)29(20)35-24/h1-17H. The Morgan fingerprint density at radius 3 is 1.92 bits per heavy atom. The van der Waals surface area contributed by atoms with E-state index >= 15 is 0 Å². The molecule has 5 aromatic heterocycles. The number of fused-ring (bicyclic) bond motifs is 10. The predicted molar refractivity (Wildman–Crippen MR) is 146 cm³/mol. The van der Waals surface area contributed by atoms with Crippen LogP contribution in [0.2, 0.25) is 0 Å². The first kappa shape index (κ1) is 19.3. The Morgan fingerprint density at radius 2 is 1.11 bits per heavy atom. The highest BCUT2D eigenvalue weighted by Gasteiger charge is 2.16. The summed E-state index contributed by atoms with van der Waals surface area (Å²) < 4.78 is 0. The Labute approximate surface area is 205 Å². The molecule has 0 aliphatic carbocycles. The monoisotopic (exact) mass is 459 g/mol. The van der Waals surface area contributed by atoms with E-state index in [2.05, 4.69) is 76.7 Å². The van der Waals surface area contributed by atoms with E-state index in [9.17, 15) is 0 Å². The van der Waals surface area contributed by atoms with Crippen LogP contribution in [0.5, 0.6) is 0 Å². The molecular formula is C31H17N5. The van der Waals surface area contributed by atoms with E-state index in [4.69, 9.17) is 15.0 Å². The molecule has 0 atom stereocenters. The zero-order valence-corrected chi connectivity index (χ0v) is 19.1. The minimum Gasteiger partial charge on any atom is -0.254 e. The maximum absolute atomic E-state index is 5.12. The maximum Gasteiger partial charge on any atom is 0.0973 e. The van der Waals surface area contributed by atoms with Gasteiger partial charge in [-0.25, -0.2) is 9.97 Å². The highest BCUT2D eigenvalue weighted by atomic mass is 14.8. The summed E-state index contributed by atoms with van der Waals surface area (Å²) in [5.41, 5.74) is 6.07. The molecule has 5 heteroatoms. The fourth-order valence-corrected chi connectivity index (χ4v) is 5.30. The normalized spacial score (nSPS) is 11.9. The smallest absolute Gasteiger partial charge is 0.0973 e. The Morgan fingerprint density at radius 1 is 0.444 bits per heavy atom. The van der Waals surface area contributed by atoms with Crippen LogP contribution in [0.25, 0.3) is 76.7 Å². The number of benzene rings is 3. The number of rotatable bonds is 1. The van der Waals surface area contributed by atoms with E-state index in [0.29, 0.717) is 0 Å². The van der Waals surface area contributed by atoms with Crippen molar-refractivity contribution >= 4 is 65.3 Å². The Bertz CT molecular complexity index is 2170. The maximum atomic E-state index is 5.12. The van der Waals surface area contributed by atoms with Gasteiger partial charge in [-0.05, 0) is 23.6 Å². The predicted octanol–water partition coefficient (Wildman–Crippen LogP) is 7.25. The lowest BCUT2D eigenvalue weighted by atomic mass is 9.99. The summed E-state index contributed by atoms with van der Waals surface area (Å²) in [6, 6.07) is 29.0. The van der Waals surface area contributed by atoms with Crippen molar-refractivity contribution in [1.29, 1.82) is 0 Å². The molecule has 0 radical (unpaired) electrons. The van der Waals surface area contributed by atoms with Gasteiger partial charge in [0.1, 0.15) is 0 Å². The van der Waals surface area contributed by atoms with Gasteiger partial charge in [-0.3, -0.25) is 15.0 Å². The van der Waals surface area contributed by atoms with Crippen molar-refractivity contribution in [3.05, 3.63) is 104 Å². The first-order chi connectivity index (χ1) is 17.8. The third-order valence-corrected chi connectivity index (χ3v) is 6.95. The topological polar surface area (TPSA) is 64.5 Å². The molecule has 0 aliphatic heterocycles. The van der Waals surface area contributed by atoms with Crippen molar-refractivity contribution in [2.24, 2.45) is 0 Å². The average molecular weight is 460 g/mol. The molecule has 0 spiro atoms. The molecule has 5 heterocycles. The lowest BCUT2D eigenvalue weighted by Crippen LogP contribution is -1.95. The van der Waals surface area contributed by atoms with Crippen molar-refractivity contribution in [2.75, 3.05) is 0 Å². The van der Waals surface area contributed by atoms with E-state index in [0.717, 1.165) is 76.7 Å². The largest absolute Gasteiger partial charge is 0.254 e. The van der Waals surface area contributed by atoms with Gasteiger partial charge in [-0.15, -0.1) is 0 Å². The number of hydrogen-bond donors (Lipinski definition) is 0. The Hall–Kier alpha value is -5.03. The SMILES string of the molecule is c1cnc2c(c1)ccc1ccc(-c3nc4cnc5c(ccc6cccnc65)c4c4ccccc34)nc12. The molecule has 0 saturated heterocycles. The van der Waals surface area contributed by atoms with E-state index in [-0.39, 0.29) is 0 Å². The van der Waals surface area contributed by atoms with Crippen LogP contribution in [-0.2, 0) is 0 Å². The lowest BCUT2D eigenvalue weighted by Gasteiger charge is -2.12. The summed E-state index contributed by atoms with van der Waals surface area (Å²) in [6.45, 7) is 0. The summed E-state index contributed by atoms with van der Waals surface area (Å²) in [7, 11) is 0. The van der Waals surface area contributed by atoms with Gasteiger partial charge in [0.25, 0.3) is 0 Å². The first-order valence-corrected chi connectivity index (χ1v) is 11.8. The van der Waals surface area contributed by atoms with Crippen LogP contribution in [0.15, 0.2) is 104 Å². The molecular weight excluding hydrogens is 442 g/mol. The highest BCUT2D eigenvalue weighted by Crippen LogP contribution is 2.37. The van der Waals surface area contributed by atoms with Gasteiger partial charge < -0.3 is 0 Å².